The normalized spacial score (nSPS) is 13.1. The molecule has 1 rings (SSSR count). The number of nitrogens with zero attached hydrogens (tertiary/aromatic N) is 1. The van der Waals surface area contributed by atoms with Gasteiger partial charge in [0.1, 0.15) is 11.8 Å². The molecule has 1 aromatic rings. The van der Waals surface area contributed by atoms with E-state index in [9.17, 15) is 22.0 Å². The number of hydrogen-bond acceptors (Lipinski definition) is 3. The summed E-state index contributed by atoms with van der Waals surface area (Å²) in [4.78, 5) is 0. The van der Waals surface area contributed by atoms with E-state index in [4.69, 9.17) is 5.26 Å². The fourth-order valence-electron chi connectivity index (χ4n) is 1.47. The first-order valence-corrected chi connectivity index (χ1v) is 5.07. The van der Waals surface area contributed by atoms with Crippen molar-refractivity contribution in [3.8, 4) is 11.8 Å². The number of benzene rings is 1. The highest BCUT2D eigenvalue weighted by Gasteiger charge is 2.42. The zero-order valence-electron chi connectivity index (χ0n) is 9.42. The zero-order valence-corrected chi connectivity index (χ0v) is 9.42. The quantitative estimate of drug-likeness (QED) is 0.666. The Morgan fingerprint density at radius 2 is 1.89 bits per heavy atom. The van der Waals surface area contributed by atoms with Crippen molar-refractivity contribution in [3.63, 3.8) is 0 Å². The van der Waals surface area contributed by atoms with Gasteiger partial charge in [0.05, 0.1) is 12.6 Å². The van der Waals surface area contributed by atoms with Gasteiger partial charge in [-0.3, -0.25) is 5.32 Å². The van der Waals surface area contributed by atoms with Crippen molar-refractivity contribution in [2.75, 3.05) is 6.54 Å². The number of hydrogen-bond donors (Lipinski definition) is 1. The minimum Gasteiger partial charge on any atom is -0.434 e. The minimum atomic E-state index is -4.74. The van der Waals surface area contributed by atoms with E-state index in [0.29, 0.717) is 0 Å². The molecule has 0 amide bonds. The minimum absolute atomic E-state index is 0.495. The largest absolute Gasteiger partial charge is 0.434 e. The average molecular weight is 280 g/mol. The molecule has 0 saturated heterocycles. The summed E-state index contributed by atoms with van der Waals surface area (Å²) in [6.45, 7) is -3.81. The van der Waals surface area contributed by atoms with Crippen molar-refractivity contribution in [1.82, 2.24) is 5.32 Å². The van der Waals surface area contributed by atoms with Crippen LogP contribution < -0.4 is 10.1 Å². The Hall–Kier alpha value is -1.88. The number of nitrogens with one attached hydrogen (secondary N) is 1. The van der Waals surface area contributed by atoms with E-state index in [-0.39, 0.29) is 0 Å². The van der Waals surface area contributed by atoms with Gasteiger partial charge in [0.15, 0.2) is 0 Å². The maximum Gasteiger partial charge on any atom is 0.408 e. The van der Waals surface area contributed by atoms with E-state index in [2.05, 4.69) is 4.74 Å². The number of ether oxygens (including phenoxy) is 1. The predicted octanol–water partition coefficient (Wildman–Crippen LogP) is 3.00. The maximum absolute atomic E-state index is 12.8. The van der Waals surface area contributed by atoms with Gasteiger partial charge in [0.2, 0.25) is 0 Å². The van der Waals surface area contributed by atoms with Crippen LogP contribution in [0.1, 0.15) is 11.6 Å². The SMILES string of the molecule is N#CCN[C@@H](c1ccccc1OC(F)F)C(F)(F)F. The highest BCUT2D eigenvalue weighted by molar-refractivity contribution is 5.37. The summed E-state index contributed by atoms with van der Waals surface area (Å²) in [5.41, 5.74) is -0.495. The topological polar surface area (TPSA) is 45.0 Å². The molecule has 0 spiro atoms. The van der Waals surface area contributed by atoms with Crippen molar-refractivity contribution in [1.29, 1.82) is 5.26 Å². The summed E-state index contributed by atoms with van der Waals surface area (Å²) in [6.07, 6.45) is -4.74. The molecule has 1 N–H and O–H groups in total. The molecule has 8 heteroatoms. The number of halogens is 5. The van der Waals surface area contributed by atoms with E-state index in [1.807, 2.05) is 5.32 Å². The lowest BCUT2D eigenvalue weighted by atomic mass is 10.1. The van der Waals surface area contributed by atoms with Crippen molar-refractivity contribution in [3.05, 3.63) is 29.8 Å². The highest BCUT2D eigenvalue weighted by Crippen LogP contribution is 2.37. The van der Waals surface area contributed by atoms with Gasteiger partial charge in [-0.2, -0.15) is 27.2 Å². The van der Waals surface area contributed by atoms with Crippen LogP contribution in [0.15, 0.2) is 24.3 Å². The molecule has 0 fully saturated rings. The Morgan fingerprint density at radius 1 is 1.26 bits per heavy atom. The molecular formula is C11H9F5N2O. The first-order valence-electron chi connectivity index (χ1n) is 5.07. The molecule has 0 aliphatic carbocycles. The van der Waals surface area contributed by atoms with Gasteiger partial charge in [-0.25, -0.2) is 0 Å². The average Bonchev–Trinajstić information content (AvgIpc) is 2.29. The van der Waals surface area contributed by atoms with Crippen LogP contribution in [0.5, 0.6) is 5.75 Å². The molecule has 0 aliphatic rings. The van der Waals surface area contributed by atoms with Gasteiger partial charge < -0.3 is 4.74 Å². The van der Waals surface area contributed by atoms with Crippen LogP contribution in [0.25, 0.3) is 0 Å². The second-order valence-electron chi connectivity index (χ2n) is 3.43. The third kappa shape index (κ3) is 4.37. The molecule has 104 valence electrons. The Morgan fingerprint density at radius 3 is 2.42 bits per heavy atom. The molecule has 0 saturated carbocycles. The van der Waals surface area contributed by atoms with Crippen LogP contribution in [0.3, 0.4) is 0 Å². The summed E-state index contributed by atoms with van der Waals surface area (Å²) in [7, 11) is 0. The van der Waals surface area contributed by atoms with E-state index in [0.717, 1.165) is 12.1 Å². The van der Waals surface area contributed by atoms with Crippen LogP contribution >= 0.6 is 0 Å². The summed E-state index contributed by atoms with van der Waals surface area (Å²) in [6, 6.07) is 3.82. The second-order valence-corrected chi connectivity index (χ2v) is 3.43. The number of alkyl halides is 5. The van der Waals surface area contributed by atoms with Crippen molar-refractivity contribution < 1.29 is 26.7 Å². The third-order valence-corrected chi connectivity index (χ3v) is 2.16. The fourth-order valence-corrected chi connectivity index (χ4v) is 1.47. The van der Waals surface area contributed by atoms with Gasteiger partial charge in [0, 0.05) is 5.56 Å². The van der Waals surface area contributed by atoms with E-state index in [1.54, 1.807) is 0 Å². The van der Waals surface area contributed by atoms with Crippen molar-refractivity contribution in [2.24, 2.45) is 0 Å². The Balaban J connectivity index is 3.11. The standard InChI is InChI=1S/C11H9F5N2O/c12-10(13)19-8-4-2-1-3-7(8)9(11(14,15)16)18-6-5-17/h1-4,9-10,18H,6H2/t9-/m0/s1. The lowest BCUT2D eigenvalue weighted by Crippen LogP contribution is -2.34. The van der Waals surface area contributed by atoms with E-state index >= 15 is 0 Å². The van der Waals surface area contributed by atoms with Crippen LogP contribution in [0.4, 0.5) is 22.0 Å². The van der Waals surface area contributed by atoms with Gasteiger partial charge in [-0.15, -0.1) is 0 Å². The Kier molecular flexibility index (Phi) is 5.06. The van der Waals surface area contributed by atoms with Gasteiger partial charge in [0.25, 0.3) is 0 Å². The summed E-state index contributed by atoms with van der Waals surface area (Å²) >= 11 is 0. The van der Waals surface area contributed by atoms with Crippen LogP contribution in [0.2, 0.25) is 0 Å². The van der Waals surface area contributed by atoms with Gasteiger partial charge >= 0.3 is 12.8 Å². The monoisotopic (exact) mass is 280 g/mol. The van der Waals surface area contributed by atoms with Crippen LogP contribution in [0, 0.1) is 11.3 Å². The van der Waals surface area contributed by atoms with Gasteiger partial charge in [-0.1, -0.05) is 18.2 Å². The lowest BCUT2D eigenvalue weighted by molar-refractivity contribution is -0.158. The Labute approximate surface area is 105 Å². The molecule has 0 aromatic heterocycles. The molecule has 1 aromatic carbocycles. The van der Waals surface area contributed by atoms with Gasteiger partial charge in [-0.05, 0) is 6.07 Å². The molecule has 19 heavy (non-hydrogen) atoms. The summed E-state index contributed by atoms with van der Waals surface area (Å²) < 4.78 is 66.8. The molecule has 1 atom stereocenters. The molecule has 0 unspecified atom stereocenters. The molecule has 0 radical (unpaired) electrons. The maximum atomic E-state index is 12.8. The van der Waals surface area contributed by atoms with Crippen molar-refractivity contribution in [2.45, 2.75) is 18.8 Å². The fraction of sp³-hybridized carbons (Fsp3) is 0.364. The number of para-hydroxylation sites is 1. The summed E-state index contributed by atoms with van der Waals surface area (Å²) in [5, 5.41) is 10.2. The first-order chi connectivity index (χ1) is 8.86. The number of nitriles is 1. The smallest absolute Gasteiger partial charge is 0.408 e. The zero-order chi connectivity index (χ0) is 14.5. The van der Waals surface area contributed by atoms with E-state index in [1.165, 1.54) is 18.2 Å². The van der Waals surface area contributed by atoms with Crippen molar-refractivity contribution >= 4 is 0 Å². The van der Waals surface area contributed by atoms with E-state index < -0.39 is 36.7 Å². The lowest BCUT2D eigenvalue weighted by Gasteiger charge is -2.23. The number of rotatable bonds is 5. The first kappa shape index (κ1) is 15.2. The second kappa shape index (κ2) is 6.33. The van der Waals surface area contributed by atoms with Crippen LogP contribution in [-0.4, -0.2) is 19.3 Å². The predicted molar refractivity (Wildman–Crippen MR) is 55.5 cm³/mol. The summed E-state index contributed by atoms with van der Waals surface area (Å²) in [5.74, 6) is -0.578. The molecule has 3 nitrogen and oxygen atoms in total. The molecule has 0 heterocycles. The van der Waals surface area contributed by atoms with Crippen LogP contribution in [-0.2, 0) is 0 Å². The molecule has 0 bridgehead atoms. The highest BCUT2D eigenvalue weighted by atomic mass is 19.4. The molecular weight excluding hydrogens is 271 g/mol. The third-order valence-electron chi connectivity index (χ3n) is 2.16. The molecule has 0 aliphatic heterocycles. The Bertz CT molecular complexity index is 455.